The van der Waals surface area contributed by atoms with Crippen molar-refractivity contribution in [3.8, 4) is 0 Å². The van der Waals surface area contributed by atoms with Crippen LogP contribution in [0.2, 0.25) is 0 Å². The summed E-state index contributed by atoms with van der Waals surface area (Å²) in [7, 11) is 1.19. The number of esters is 1. The summed E-state index contributed by atoms with van der Waals surface area (Å²) in [5.41, 5.74) is 1.87. The van der Waals surface area contributed by atoms with Gasteiger partial charge in [0, 0.05) is 11.8 Å². The van der Waals surface area contributed by atoms with E-state index in [0.29, 0.717) is 16.5 Å². The van der Waals surface area contributed by atoms with Crippen molar-refractivity contribution >= 4 is 29.1 Å². The zero-order valence-electron chi connectivity index (χ0n) is 20.8. The van der Waals surface area contributed by atoms with E-state index in [4.69, 9.17) is 23.7 Å². The van der Waals surface area contributed by atoms with Crippen LogP contribution in [0.3, 0.4) is 0 Å². The fourth-order valence-corrected chi connectivity index (χ4v) is 5.52. The minimum atomic E-state index is -1.74. The molecule has 2 aromatic carbocycles. The van der Waals surface area contributed by atoms with E-state index in [0.717, 1.165) is 5.56 Å². The lowest BCUT2D eigenvalue weighted by Gasteiger charge is -2.46. The number of benzene rings is 2. The molecule has 204 valence electrons. The molecular formula is C27H26N2O10. The predicted molar refractivity (Wildman–Crippen MR) is 131 cm³/mol. The molecule has 12 nitrogen and oxygen atoms in total. The van der Waals surface area contributed by atoms with Crippen LogP contribution in [0.5, 0.6) is 0 Å². The average molecular weight is 539 g/mol. The molecule has 39 heavy (non-hydrogen) atoms. The molecule has 4 heterocycles. The molecule has 12 heteroatoms. The number of ether oxygens (including phenoxy) is 5. The molecule has 6 atom stereocenters. The third-order valence-electron chi connectivity index (χ3n) is 7.32. The number of aromatic nitrogens is 1. The maximum absolute atomic E-state index is 13.2. The highest BCUT2D eigenvalue weighted by Crippen LogP contribution is 2.51. The van der Waals surface area contributed by atoms with Gasteiger partial charge in [-0.2, -0.15) is 0 Å². The van der Waals surface area contributed by atoms with Gasteiger partial charge in [0.1, 0.15) is 31.0 Å². The van der Waals surface area contributed by atoms with Gasteiger partial charge in [-0.05, 0) is 17.2 Å². The van der Waals surface area contributed by atoms with Crippen LogP contribution in [0.15, 0.2) is 54.6 Å². The van der Waals surface area contributed by atoms with Crippen LogP contribution in [0, 0.1) is 0 Å². The van der Waals surface area contributed by atoms with Gasteiger partial charge in [0.05, 0.1) is 24.9 Å². The van der Waals surface area contributed by atoms with Crippen LogP contribution >= 0.6 is 0 Å². The van der Waals surface area contributed by atoms with Crippen molar-refractivity contribution < 1.29 is 48.3 Å². The fourth-order valence-electron chi connectivity index (χ4n) is 5.52. The number of carbonyl (C=O) groups excluding carboxylic acids is 3. The Kier molecular flexibility index (Phi) is 6.26. The van der Waals surface area contributed by atoms with E-state index in [1.165, 1.54) is 11.7 Å². The van der Waals surface area contributed by atoms with Crippen LogP contribution in [0.1, 0.15) is 16.8 Å². The molecular weight excluding hydrogens is 512 g/mol. The second-order valence-electron chi connectivity index (χ2n) is 9.59. The predicted octanol–water partition coefficient (Wildman–Crippen LogP) is 1.32. The van der Waals surface area contributed by atoms with Crippen molar-refractivity contribution in [1.29, 1.82) is 0 Å². The molecule has 0 aliphatic carbocycles. The summed E-state index contributed by atoms with van der Waals surface area (Å²) in [6.07, 6.45) is -6.82. The first kappa shape index (κ1) is 25.3. The molecule has 1 unspecified atom stereocenters. The summed E-state index contributed by atoms with van der Waals surface area (Å²) in [5.74, 6) is -2.48. The zero-order chi connectivity index (χ0) is 27.3. The number of hydrogen-bond acceptors (Lipinski definition) is 10. The summed E-state index contributed by atoms with van der Waals surface area (Å²) < 4.78 is 29.2. The van der Waals surface area contributed by atoms with Crippen LogP contribution < -0.4 is 5.32 Å². The molecule has 0 radical (unpaired) electrons. The molecule has 3 aromatic rings. The number of aliphatic hydroxyl groups is 2. The Bertz CT molecular complexity index is 1440. The molecule has 1 amide bonds. The standard InChI is InChI=1S/C27H26N2O10/c1-35-24(32)17(28-25(33)36-12-14-7-3-2-4-8-14)11-16-15-9-5-6-10-18(15)29-22(16)27-23(38-26(29)34)21(31)20(30)19(39-27)13-37-27/h2-10,17,19-21,23,30-31H,11-13H2,1H3,(H,28,33)/t17-,19+,20+,21-,23?,27+/m0/s1. The van der Waals surface area contributed by atoms with E-state index in [1.54, 1.807) is 36.4 Å². The number of hydrogen-bond donors (Lipinski definition) is 3. The number of methoxy groups -OCH3 is 1. The SMILES string of the molecule is COC(=O)[C@H](Cc1c2n(c3ccccc13)C(=O)OC1[C@@H](O)[C@H](O)[C@H]3CO[C@@]21O3)NC(=O)OCc1ccccc1. The van der Waals surface area contributed by atoms with Crippen molar-refractivity contribution in [3.05, 3.63) is 71.4 Å². The van der Waals surface area contributed by atoms with Crippen LogP contribution in [-0.4, -0.2) is 77.1 Å². The van der Waals surface area contributed by atoms with Crippen LogP contribution in [0.25, 0.3) is 10.9 Å². The lowest BCUT2D eigenvalue weighted by Crippen LogP contribution is -2.63. The molecule has 2 fully saturated rings. The fraction of sp³-hybridized carbons (Fsp3) is 0.370. The molecule has 2 bridgehead atoms. The van der Waals surface area contributed by atoms with E-state index in [-0.39, 0.29) is 25.3 Å². The summed E-state index contributed by atoms with van der Waals surface area (Å²) in [4.78, 5) is 38.7. The summed E-state index contributed by atoms with van der Waals surface area (Å²) in [5, 5.41) is 24.4. The van der Waals surface area contributed by atoms with Crippen molar-refractivity contribution in [3.63, 3.8) is 0 Å². The minimum absolute atomic E-state index is 0.00889. The number of aliphatic hydroxyl groups excluding tert-OH is 2. The number of nitrogens with zero attached hydrogens (tertiary/aromatic N) is 1. The number of carbonyl (C=O) groups is 3. The zero-order valence-corrected chi connectivity index (χ0v) is 20.8. The van der Waals surface area contributed by atoms with E-state index in [2.05, 4.69) is 5.32 Å². The van der Waals surface area contributed by atoms with Crippen molar-refractivity contribution in [2.45, 2.75) is 49.3 Å². The number of alkyl carbamates (subject to hydrolysis) is 1. The highest BCUT2D eigenvalue weighted by Gasteiger charge is 2.66. The van der Waals surface area contributed by atoms with Gasteiger partial charge in [0.15, 0.2) is 6.10 Å². The van der Waals surface area contributed by atoms with E-state index in [9.17, 15) is 24.6 Å². The highest BCUT2D eigenvalue weighted by molar-refractivity contribution is 5.95. The molecule has 1 aromatic heterocycles. The second-order valence-corrected chi connectivity index (χ2v) is 9.59. The Labute approximate surface area is 222 Å². The third-order valence-corrected chi connectivity index (χ3v) is 7.32. The second kappa shape index (κ2) is 9.65. The van der Waals surface area contributed by atoms with E-state index >= 15 is 0 Å². The maximum atomic E-state index is 13.2. The third kappa shape index (κ3) is 4.03. The lowest BCUT2D eigenvalue weighted by atomic mass is 9.88. The van der Waals surface area contributed by atoms with Crippen LogP contribution in [0.4, 0.5) is 9.59 Å². The van der Waals surface area contributed by atoms with Crippen LogP contribution in [-0.2, 0) is 47.3 Å². The monoisotopic (exact) mass is 538 g/mol. The summed E-state index contributed by atoms with van der Waals surface area (Å²) >= 11 is 0. The maximum Gasteiger partial charge on any atom is 0.419 e. The number of amides is 1. The molecule has 2 saturated heterocycles. The Morgan fingerprint density at radius 3 is 2.64 bits per heavy atom. The summed E-state index contributed by atoms with van der Waals surface area (Å²) in [6.45, 7) is -0.0667. The van der Waals surface area contributed by atoms with E-state index in [1.807, 2.05) is 18.2 Å². The van der Waals surface area contributed by atoms with Gasteiger partial charge in [-0.3, -0.25) is 0 Å². The molecule has 6 rings (SSSR count). The van der Waals surface area contributed by atoms with Gasteiger partial charge in [0.2, 0.25) is 0 Å². The topological polar surface area (TPSA) is 155 Å². The average Bonchev–Trinajstić information content (AvgIpc) is 3.51. The number of fused-ring (bicyclic) bond motifs is 4. The first-order valence-corrected chi connectivity index (χ1v) is 12.4. The Morgan fingerprint density at radius 1 is 1.13 bits per heavy atom. The molecule has 3 aliphatic heterocycles. The highest BCUT2D eigenvalue weighted by atomic mass is 16.8. The molecule has 0 saturated carbocycles. The lowest BCUT2D eigenvalue weighted by molar-refractivity contribution is -0.309. The van der Waals surface area contributed by atoms with Gasteiger partial charge >= 0.3 is 18.2 Å². The molecule has 1 spiro atoms. The minimum Gasteiger partial charge on any atom is -0.467 e. The molecule has 3 N–H and O–H groups in total. The Morgan fingerprint density at radius 2 is 1.87 bits per heavy atom. The number of para-hydroxylation sites is 1. The van der Waals surface area contributed by atoms with Gasteiger partial charge in [-0.15, -0.1) is 0 Å². The quantitative estimate of drug-likeness (QED) is 0.309. The first-order chi connectivity index (χ1) is 18.8. The van der Waals surface area contributed by atoms with Gasteiger partial charge in [0.25, 0.3) is 5.79 Å². The number of rotatable bonds is 6. The summed E-state index contributed by atoms with van der Waals surface area (Å²) in [6, 6.07) is 14.8. The van der Waals surface area contributed by atoms with Gasteiger partial charge < -0.3 is 39.2 Å². The Hall–Kier alpha value is -3.97. The van der Waals surface area contributed by atoms with Crippen molar-refractivity contribution in [2.75, 3.05) is 13.7 Å². The molecule has 3 aliphatic rings. The van der Waals surface area contributed by atoms with Gasteiger partial charge in [-0.1, -0.05) is 48.5 Å². The largest absolute Gasteiger partial charge is 0.467 e. The van der Waals surface area contributed by atoms with Crippen molar-refractivity contribution in [1.82, 2.24) is 9.88 Å². The Balaban J connectivity index is 1.38. The normalized spacial score (nSPS) is 27.7. The van der Waals surface area contributed by atoms with E-state index < -0.39 is 54.4 Å². The van der Waals surface area contributed by atoms with Crippen molar-refractivity contribution in [2.24, 2.45) is 0 Å². The smallest absolute Gasteiger partial charge is 0.419 e. The van der Waals surface area contributed by atoms with Gasteiger partial charge in [-0.25, -0.2) is 19.0 Å². The first-order valence-electron chi connectivity index (χ1n) is 12.4. The number of nitrogens with one attached hydrogen (secondary N) is 1.